The van der Waals surface area contributed by atoms with Crippen molar-refractivity contribution in [3.8, 4) is 0 Å². The van der Waals surface area contributed by atoms with E-state index in [1.165, 1.54) is 25.7 Å². The Labute approximate surface area is 80.8 Å². The summed E-state index contributed by atoms with van der Waals surface area (Å²) in [5, 5.41) is 0. The van der Waals surface area contributed by atoms with E-state index < -0.39 is 0 Å². The second-order valence-corrected chi connectivity index (χ2v) is 4.44. The van der Waals surface area contributed by atoms with Crippen LogP contribution in [0.15, 0.2) is 12.7 Å². The summed E-state index contributed by atoms with van der Waals surface area (Å²) in [5.41, 5.74) is 5.74. The molecule has 2 bridgehead atoms. The molecule has 2 heterocycles. The lowest BCUT2D eigenvalue weighted by Crippen LogP contribution is -2.44. The Morgan fingerprint density at radius 2 is 1.92 bits per heavy atom. The fraction of sp³-hybridized carbons (Fsp3) is 0.818. The van der Waals surface area contributed by atoms with E-state index in [0.717, 1.165) is 31.1 Å². The molecule has 0 aromatic heterocycles. The Hall–Kier alpha value is -0.340. The summed E-state index contributed by atoms with van der Waals surface area (Å²) in [6.45, 7) is 5.78. The van der Waals surface area contributed by atoms with Gasteiger partial charge in [-0.15, -0.1) is 6.58 Å². The summed E-state index contributed by atoms with van der Waals surface area (Å²) in [7, 11) is 0. The van der Waals surface area contributed by atoms with Crippen LogP contribution in [-0.2, 0) is 0 Å². The molecule has 2 aliphatic heterocycles. The molecule has 2 heteroatoms. The molecule has 2 aliphatic rings. The van der Waals surface area contributed by atoms with Gasteiger partial charge in [-0.05, 0) is 38.1 Å². The van der Waals surface area contributed by atoms with Crippen LogP contribution in [0, 0.1) is 5.92 Å². The number of hydrogen-bond acceptors (Lipinski definition) is 2. The molecular formula is C11H20N2. The molecule has 0 aliphatic carbocycles. The summed E-state index contributed by atoms with van der Waals surface area (Å²) >= 11 is 0. The lowest BCUT2D eigenvalue weighted by atomic mass is 9.91. The third-order valence-electron chi connectivity index (χ3n) is 3.66. The first-order valence-corrected chi connectivity index (χ1v) is 5.42. The highest BCUT2D eigenvalue weighted by molar-refractivity contribution is 4.97. The van der Waals surface area contributed by atoms with Gasteiger partial charge in [0.15, 0.2) is 0 Å². The highest BCUT2D eigenvalue weighted by atomic mass is 15.2. The largest absolute Gasteiger partial charge is 0.330 e. The van der Waals surface area contributed by atoms with E-state index in [-0.39, 0.29) is 0 Å². The summed E-state index contributed by atoms with van der Waals surface area (Å²) in [6, 6.07) is 1.62. The lowest BCUT2D eigenvalue weighted by molar-refractivity contribution is 0.120. The van der Waals surface area contributed by atoms with Gasteiger partial charge in [0.25, 0.3) is 0 Å². The highest BCUT2D eigenvalue weighted by Crippen LogP contribution is 2.37. The van der Waals surface area contributed by atoms with Crippen molar-refractivity contribution >= 4 is 0 Å². The van der Waals surface area contributed by atoms with Crippen molar-refractivity contribution in [1.29, 1.82) is 0 Å². The van der Waals surface area contributed by atoms with Gasteiger partial charge in [0, 0.05) is 18.6 Å². The highest BCUT2D eigenvalue weighted by Gasteiger charge is 2.39. The van der Waals surface area contributed by atoms with E-state index in [1.54, 1.807) is 0 Å². The van der Waals surface area contributed by atoms with Gasteiger partial charge in [-0.3, -0.25) is 4.90 Å². The predicted octanol–water partition coefficient (Wildman–Crippen LogP) is 1.37. The molecule has 0 aromatic rings. The maximum atomic E-state index is 5.74. The number of nitrogens with two attached hydrogens (primary N) is 1. The smallest absolute Gasteiger partial charge is 0.0166 e. The standard InChI is InChI=1S/C11H20N2/c1-2-5-13-10-3-4-11(13)7-9(6-10)8-12/h2,9-11H,1,3-8,12H2. The third kappa shape index (κ3) is 1.65. The van der Waals surface area contributed by atoms with Gasteiger partial charge in [0.1, 0.15) is 0 Å². The number of hydrogen-bond donors (Lipinski definition) is 1. The van der Waals surface area contributed by atoms with Crippen LogP contribution in [0.1, 0.15) is 25.7 Å². The zero-order valence-corrected chi connectivity index (χ0v) is 8.28. The second kappa shape index (κ2) is 3.81. The molecule has 2 atom stereocenters. The van der Waals surface area contributed by atoms with Crippen LogP contribution in [0.2, 0.25) is 0 Å². The molecule has 2 N–H and O–H groups in total. The van der Waals surface area contributed by atoms with E-state index in [1.807, 2.05) is 6.08 Å². The molecule has 74 valence electrons. The molecule has 13 heavy (non-hydrogen) atoms. The average Bonchev–Trinajstić information content (AvgIpc) is 2.39. The van der Waals surface area contributed by atoms with Crippen LogP contribution in [0.3, 0.4) is 0 Å². The van der Waals surface area contributed by atoms with Crippen molar-refractivity contribution in [3.63, 3.8) is 0 Å². The quantitative estimate of drug-likeness (QED) is 0.665. The van der Waals surface area contributed by atoms with E-state index in [9.17, 15) is 0 Å². The molecule has 0 radical (unpaired) electrons. The zero-order valence-electron chi connectivity index (χ0n) is 8.28. The van der Waals surface area contributed by atoms with Gasteiger partial charge in [-0.1, -0.05) is 6.08 Å². The third-order valence-corrected chi connectivity index (χ3v) is 3.66. The van der Waals surface area contributed by atoms with Gasteiger partial charge in [-0.2, -0.15) is 0 Å². The van der Waals surface area contributed by atoms with E-state index in [2.05, 4.69) is 11.5 Å². The van der Waals surface area contributed by atoms with Crippen molar-refractivity contribution in [3.05, 3.63) is 12.7 Å². The lowest BCUT2D eigenvalue weighted by Gasteiger charge is -2.37. The topological polar surface area (TPSA) is 29.3 Å². The molecule has 2 rings (SSSR count). The van der Waals surface area contributed by atoms with Crippen LogP contribution in [0.4, 0.5) is 0 Å². The van der Waals surface area contributed by atoms with Crippen LogP contribution in [-0.4, -0.2) is 30.1 Å². The van der Waals surface area contributed by atoms with Gasteiger partial charge in [0.2, 0.25) is 0 Å². The number of piperidine rings is 1. The Bertz CT molecular complexity index is 177. The molecule has 2 nitrogen and oxygen atoms in total. The van der Waals surface area contributed by atoms with Crippen molar-refractivity contribution < 1.29 is 0 Å². The molecule has 0 amide bonds. The Kier molecular flexibility index (Phi) is 2.70. The van der Waals surface area contributed by atoms with E-state index in [4.69, 9.17) is 5.73 Å². The molecule has 2 saturated heterocycles. The van der Waals surface area contributed by atoms with Crippen molar-refractivity contribution in [2.75, 3.05) is 13.1 Å². The monoisotopic (exact) mass is 180 g/mol. The Morgan fingerprint density at radius 3 is 2.38 bits per heavy atom. The van der Waals surface area contributed by atoms with E-state index >= 15 is 0 Å². The number of nitrogens with zero attached hydrogens (tertiary/aromatic N) is 1. The fourth-order valence-electron chi connectivity index (χ4n) is 3.03. The first-order valence-electron chi connectivity index (χ1n) is 5.42. The Balaban J connectivity index is 2.00. The molecule has 0 spiro atoms. The minimum Gasteiger partial charge on any atom is -0.330 e. The minimum atomic E-state index is 0.790. The number of fused-ring (bicyclic) bond motifs is 2. The molecule has 2 unspecified atom stereocenters. The first kappa shape index (κ1) is 9.22. The van der Waals surface area contributed by atoms with Crippen LogP contribution >= 0.6 is 0 Å². The SMILES string of the molecule is C=CCN1C2CCC1CC(CN)C2. The summed E-state index contributed by atoms with van der Waals surface area (Å²) in [5.74, 6) is 0.790. The van der Waals surface area contributed by atoms with Gasteiger partial charge < -0.3 is 5.73 Å². The van der Waals surface area contributed by atoms with Gasteiger partial charge >= 0.3 is 0 Å². The fourth-order valence-corrected chi connectivity index (χ4v) is 3.03. The second-order valence-electron chi connectivity index (χ2n) is 4.44. The maximum absolute atomic E-state index is 5.74. The minimum absolute atomic E-state index is 0.790. The molecule has 0 saturated carbocycles. The predicted molar refractivity (Wildman–Crippen MR) is 55.5 cm³/mol. The number of rotatable bonds is 3. The van der Waals surface area contributed by atoms with E-state index in [0.29, 0.717) is 0 Å². The van der Waals surface area contributed by atoms with Crippen LogP contribution < -0.4 is 5.73 Å². The zero-order chi connectivity index (χ0) is 9.26. The van der Waals surface area contributed by atoms with Gasteiger partial charge in [-0.25, -0.2) is 0 Å². The summed E-state index contributed by atoms with van der Waals surface area (Å²) in [6.07, 6.45) is 7.44. The maximum Gasteiger partial charge on any atom is 0.0166 e. The summed E-state index contributed by atoms with van der Waals surface area (Å²) < 4.78 is 0. The van der Waals surface area contributed by atoms with Crippen molar-refractivity contribution in [2.45, 2.75) is 37.8 Å². The Morgan fingerprint density at radius 1 is 1.31 bits per heavy atom. The molecular weight excluding hydrogens is 160 g/mol. The van der Waals surface area contributed by atoms with Crippen LogP contribution in [0.5, 0.6) is 0 Å². The normalized spacial score (nSPS) is 39.3. The van der Waals surface area contributed by atoms with Crippen molar-refractivity contribution in [2.24, 2.45) is 11.7 Å². The average molecular weight is 180 g/mol. The molecule has 2 fully saturated rings. The molecule has 0 aromatic carbocycles. The summed E-state index contributed by atoms with van der Waals surface area (Å²) in [4.78, 5) is 2.62. The first-order chi connectivity index (χ1) is 6.35. The van der Waals surface area contributed by atoms with Gasteiger partial charge in [0.05, 0.1) is 0 Å². The van der Waals surface area contributed by atoms with Crippen molar-refractivity contribution in [1.82, 2.24) is 4.90 Å². The van der Waals surface area contributed by atoms with Crippen LogP contribution in [0.25, 0.3) is 0 Å².